The fourth-order valence-electron chi connectivity index (χ4n) is 2.24. The maximum atomic E-state index is 12.3. The van der Waals surface area contributed by atoms with E-state index in [1.165, 1.54) is 11.3 Å². The number of aryl methyl sites for hydroxylation is 2. The maximum absolute atomic E-state index is 12.3. The topological polar surface area (TPSA) is 59.2 Å². The summed E-state index contributed by atoms with van der Waals surface area (Å²) in [7, 11) is 0. The van der Waals surface area contributed by atoms with E-state index in [0.717, 1.165) is 35.1 Å². The number of carbonyl (C=O) groups is 1. The average molecular weight is 253 g/mol. The third-order valence-electron chi connectivity index (χ3n) is 3.44. The number of carbonyl (C=O) groups excluding carboxylic acids is 1. The molecule has 0 saturated carbocycles. The molecule has 1 unspecified atom stereocenters. The van der Waals surface area contributed by atoms with Crippen LogP contribution in [0.4, 0.5) is 0 Å². The number of nitrogens with zero attached hydrogens (tertiary/aromatic N) is 2. The van der Waals surface area contributed by atoms with Gasteiger partial charge < -0.3 is 10.6 Å². The molecule has 2 heterocycles. The molecule has 17 heavy (non-hydrogen) atoms. The molecule has 1 saturated heterocycles. The van der Waals surface area contributed by atoms with E-state index in [4.69, 9.17) is 5.73 Å². The molecule has 94 valence electrons. The van der Waals surface area contributed by atoms with Crippen molar-refractivity contribution in [3.8, 4) is 0 Å². The molecular weight excluding hydrogens is 234 g/mol. The van der Waals surface area contributed by atoms with Crippen LogP contribution in [-0.4, -0.2) is 35.4 Å². The monoisotopic (exact) mass is 253 g/mol. The molecule has 0 radical (unpaired) electrons. The summed E-state index contributed by atoms with van der Waals surface area (Å²) in [5.74, 6) is 0.116. The average Bonchev–Trinajstić information content (AvgIpc) is 2.82. The third-order valence-corrected chi connectivity index (χ3v) is 4.50. The Morgan fingerprint density at radius 3 is 2.76 bits per heavy atom. The summed E-state index contributed by atoms with van der Waals surface area (Å²) < 4.78 is 0. The summed E-state index contributed by atoms with van der Waals surface area (Å²) in [5.41, 5.74) is 6.69. The van der Waals surface area contributed by atoms with E-state index in [1.807, 2.05) is 18.7 Å². The Morgan fingerprint density at radius 2 is 2.29 bits per heavy atom. The summed E-state index contributed by atoms with van der Waals surface area (Å²) in [4.78, 5) is 19.3. The second kappa shape index (κ2) is 4.38. The Bertz CT molecular complexity index is 443. The van der Waals surface area contributed by atoms with Crippen LogP contribution in [0.15, 0.2) is 0 Å². The lowest BCUT2D eigenvalue weighted by atomic mass is 9.90. The molecule has 4 nitrogen and oxygen atoms in total. The number of likely N-dealkylation sites (tertiary alicyclic amines) is 1. The first-order valence-electron chi connectivity index (χ1n) is 5.88. The van der Waals surface area contributed by atoms with E-state index in [2.05, 4.69) is 11.9 Å². The van der Waals surface area contributed by atoms with Gasteiger partial charge in [0, 0.05) is 13.1 Å². The highest BCUT2D eigenvalue weighted by Gasteiger charge is 2.36. The van der Waals surface area contributed by atoms with Gasteiger partial charge in [0.2, 0.25) is 0 Å². The molecule has 2 N–H and O–H groups in total. The largest absolute Gasteiger partial charge is 0.337 e. The molecular formula is C12H19N3OS. The van der Waals surface area contributed by atoms with Crippen LogP contribution in [0, 0.1) is 19.3 Å². The molecule has 0 spiro atoms. The number of nitrogens with two attached hydrogens (primary N) is 1. The molecule has 2 rings (SSSR count). The number of rotatable bonds is 2. The summed E-state index contributed by atoms with van der Waals surface area (Å²) in [5, 5.41) is 0.951. The van der Waals surface area contributed by atoms with Gasteiger partial charge in [-0.1, -0.05) is 6.92 Å². The van der Waals surface area contributed by atoms with Crippen LogP contribution >= 0.6 is 11.3 Å². The van der Waals surface area contributed by atoms with Crippen LogP contribution < -0.4 is 5.73 Å². The van der Waals surface area contributed by atoms with Crippen molar-refractivity contribution in [2.45, 2.75) is 27.2 Å². The first-order chi connectivity index (χ1) is 7.95. The Morgan fingerprint density at radius 1 is 1.59 bits per heavy atom. The van der Waals surface area contributed by atoms with Crippen molar-refractivity contribution < 1.29 is 4.79 Å². The van der Waals surface area contributed by atoms with Crippen LogP contribution in [0.5, 0.6) is 0 Å². The van der Waals surface area contributed by atoms with Gasteiger partial charge in [0.1, 0.15) is 4.88 Å². The van der Waals surface area contributed by atoms with Crippen molar-refractivity contribution in [1.29, 1.82) is 0 Å². The van der Waals surface area contributed by atoms with E-state index in [0.29, 0.717) is 6.54 Å². The normalized spacial score (nSPS) is 24.4. The fourth-order valence-corrected chi connectivity index (χ4v) is 3.12. The first-order valence-corrected chi connectivity index (χ1v) is 6.70. The molecule has 1 aromatic rings. The summed E-state index contributed by atoms with van der Waals surface area (Å²) in [6, 6.07) is 0. The van der Waals surface area contributed by atoms with Gasteiger partial charge >= 0.3 is 0 Å². The van der Waals surface area contributed by atoms with E-state index >= 15 is 0 Å². The minimum Gasteiger partial charge on any atom is -0.337 e. The van der Waals surface area contributed by atoms with Crippen molar-refractivity contribution in [2.75, 3.05) is 19.6 Å². The fraction of sp³-hybridized carbons (Fsp3) is 0.667. The van der Waals surface area contributed by atoms with Crippen molar-refractivity contribution in [3.05, 3.63) is 15.6 Å². The van der Waals surface area contributed by atoms with Crippen LogP contribution in [0.1, 0.15) is 33.7 Å². The van der Waals surface area contributed by atoms with Gasteiger partial charge in [0.15, 0.2) is 0 Å². The number of amides is 1. The van der Waals surface area contributed by atoms with Gasteiger partial charge in [-0.3, -0.25) is 4.79 Å². The second-order valence-corrected chi connectivity index (χ2v) is 6.34. The summed E-state index contributed by atoms with van der Waals surface area (Å²) in [6.07, 6.45) is 0.992. The molecule has 0 aliphatic carbocycles. The van der Waals surface area contributed by atoms with E-state index in [9.17, 15) is 4.79 Å². The van der Waals surface area contributed by atoms with Gasteiger partial charge in [-0.2, -0.15) is 0 Å². The molecule has 1 aromatic heterocycles. The highest BCUT2D eigenvalue weighted by Crippen LogP contribution is 2.30. The van der Waals surface area contributed by atoms with E-state index in [1.54, 1.807) is 0 Å². The molecule has 1 aliphatic heterocycles. The number of aromatic nitrogens is 1. The third kappa shape index (κ3) is 2.35. The SMILES string of the molecule is Cc1nc(C)c(C(=O)N2CCC(C)(CN)C2)s1. The van der Waals surface area contributed by atoms with E-state index < -0.39 is 0 Å². The number of hydrogen-bond donors (Lipinski definition) is 1. The zero-order valence-corrected chi connectivity index (χ0v) is 11.4. The van der Waals surface area contributed by atoms with Crippen LogP contribution in [-0.2, 0) is 0 Å². The first kappa shape index (κ1) is 12.5. The molecule has 0 aromatic carbocycles. The Hall–Kier alpha value is -0.940. The molecule has 0 bridgehead atoms. The number of thiazole rings is 1. The minimum absolute atomic E-state index is 0.0866. The lowest BCUT2D eigenvalue weighted by Crippen LogP contribution is -2.34. The molecule has 1 atom stereocenters. The van der Waals surface area contributed by atoms with Gasteiger partial charge in [-0.25, -0.2) is 4.98 Å². The number of hydrogen-bond acceptors (Lipinski definition) is 4. The van der Waals surface area contributed by atoms with Crippen LogP contribution in [0.25, 0.3) is 0 Å². The second-order valence-electron chi connectivity index (χ2n) is 5.14. The summed E-state index contributed by atoms with van der Waals surface area (Å²) in [6.45, 7) is 8.18. The van der Waals surface area contributed by atoms with Crippen molar-refractivity contribution in [3.63, 3.8) is 0 Å². The van der Waals surface area contributed by atoms with Crippen molar-refractivity contribution in [1.82, 2.24) is 9.88 Å². The lowest BCUT2D eigenvalue weighted by Gasteiger charge is -2.22. The quantitative estimate of drug-likeness (QED) is 0.870. The highest BCUT2D eigenvalue weighted by molar-refractivity contribution is 7.13. The Balaban J connectivity index is 2.15. The van der Waals surface area contributed by atoms with Gasteiger partial charge in [0.25, 0.3) is 5.91 Å². The van der Waals surface area contributed by atoms with Crippen LogP contribution in [0.2, 0.25) is 0 Å². The van der Waals surface area contributed by atoms with Gasteiger partial charge in [0.05, 0.1) is 10.7 Å². The summed E-state index contributed by atoms with van der Waals surface area (Å²) >= 11 is 1.48. The van der Waals surface area contributed by atoms with Crippen molar-refractivity contribution in [2.24, 2.45) is 11.1 Å². The highest BCUT2D eigenvalue weighted by atomic mass is 32.1. The predicted molar refractivity (Wildman–Crippen MR) is 69.3 cm³/mol. The maximum Gasteiger partial charge on any atom is 0.265 e. The standard InChI is InChI=1S/C12H19N3OS/c1-8-10(17-9(2)14-8)11(16)15-5-4-12(3,6-13)7-15/h4-7,13H2,1-3H3. The zero-order chi connectivity index (χ0) is 12.6. The van der Waals surface area contributed by atoms with Crippen LogP contribution in [0.3, 0.4) is 0 Å². The lowest BCUT2D eigenvalue weighted by molar-refractivity contribution is 0.0780. The Kier molecular flexibility index (Phi) is 3.23. The zero-order valence-electron chi connectivity index (χ0n) is 10.6. The smallest absolute Gasteiger partial charge is 0.265 e. The van der Waals surface area contributed by atoms with Gasteiger partial charge in [-0.15, -0.1) is 11.3 Å². The molecule has 1 fully saturated rings. The predicted octanol–water partition coefficient (Wildman–Crippen LogP) is 1.57. The minimum atomic E-state index is 0.0866. The molecule has 5 heteroatoms. The van der Waals surface area contributed by atoms with Crippen molar-refractivity contribution >= 4 is 17.2 Å². The Labute approximate surface area is 106 Å². The molecule has 1 aliphatic rings. The van der Waals surface area contributed by atoms with Gasteiger partial charge in [-0.05, 0) is 32.2 Å². The molecule has 1 amide bonds. The van der Waals surface area contributed by atoms with E-state index in [-0.39, 0.29) is 11.3 Å².